The lowest BCUT2D eigenvalue weighted by Gasteiger charge is -2.13. The van der Waals surface area contributed by atoms with E-state index in [9.17, 15) is 22.8 Å². The fourth-order valence-electron chi connectivity index (χ4n) is 1.15. The minimum Gasteiger partial charge on any atom is -0.480 e. The molecular formula is C10H9F3N2O3. The Hall–Kier alpha value is -2.12. The average molecular weight is 262 g/mol. The van der Waals surface area contributed by atoms with Crippen LogP contribution in [-0.4, -0.2) is 28.0 Å². The summed E-state index contributed by atoms with van der Waals surface area (Å²) in [6.07, 6.45) is -3.87. The lowest BCUT2D eigenvalue weighted by molar-refractivity contribution is -0.141. The van der Waals surface area contributed by atoms with E-state index in [2.05, 4.69) is 4.98 Å². The zero-order chi connectivity index (χ0) is 13.9. The molecular weight excluding hydrogens is 253 g/mol. The Labute approximate surface area is 99.6 Å². The van der Waals surface area contributed by atoms with Crippen molar-refractivity contribution in [3.05, 3.63) is 29.6 Å². The first kappa shape index (κ1) is 13.9. The number of carbonyl (C=O) groups excluding carboxylic acids is 1. The summed E-state index contributed by atoms with van der Waals surface area (Å²) in [5.41, 5.74) is -2.06. The van der Waals surface area contributed by atoms with Crippen LogP contribution in [0.5, 0.6) is 0 Å². The van der Waals surface area contributed by atoms with Gasteiger partial charge >= 0.3 is 12.1 Å². The number of nitrogens with one attached hydrogen (secondary N) is 1. The minimum absolute atomic E-state index is 0.710. The van der Waals surface area contributed by atoms with Crippen molar-refractivity contribution in [2.24, 2.45) is 0 Å². The van der Waals surface area contributed by atoms with Crippen LogP contribution in [0.15, 0.2) is 18.3 Å². The van der Waals surface area contributed by atoms with Crippen LogP contribution in [0.4, 0.5) is 13.2 Å². The van der Waals surface area contributed by atoms with E-state index in [-0.39, 0.29) is 0 Å². The van der Waals surface area contributed by atoms with Crippen LogP contribution >= 0.6 is 0 Å². The van der Waals surface area contributed by atoms with Gasteiger partial charge in [-0.15, -0.1) is 0 Å². The maximum absolute atomic E-state index is 12.5. The summed E-state index contributed by atoms with van der Waals surface area (Å²) in [5.74, 6) is -2.48. The third kappa shape index (κ3) is 3.19. The summed E-state index contributed by atoms with van der Waals surface area (Å²) < 4.78 is 37.6. The second-order valence-electron chi connectivity index (χ2n) is 3.43. The van der Waals surface area contributed by atoms with E-state index in [0.29, 0.717) is 0 Å². The van der Waals surface area contributed by atoms with Gasteiger partial charge in [0.05, 0.1) is 5.56 Å². The molecule has 8 heteroatoms. The fraction of sp³-hybridized carbons (Fsp3) is 0.300. The van der Waals surface area contributed by atoms with Crippen molar-refractivity contribution < 1.29 is 27.9 Å². The van der Waals surface area contributed by atoms with Crippen LogP contribution in [-0.2, 0) is 11.0 Å². The second-order valence-corrected chi connectivity index (χ2v) is 3.43. The standard InChI is InChI=1S/C10H9F3N2O3/c1-5(9(17)18)15-8(16)6-3-2-4-14-7(6)10(11,12)13/h2-5H,1H3,(H,15,16)(H,17,18)/t5-/m0/s1. The van der Waals surface area contributed by atoms with Crippen LogP contribution in [0.25, 0.3) is 0 Å². The van der Waals surface area contributed by atoms with Gasteiger partial charge < -0.3 is 10.4 Å². The number of aliphatic carboxylic acids is 1. The third-order valence-corrected chi connectivity index (χ3v) is 2.04. The number of rotatable bonds is 3. The number of aromatic nitrogens is 1. The molecule has 1 aromatic heterocycles. The Balaban J connectivity index is 3.03. The molecule has 1 atom stereocenters. The highest BCUT2D eigenvalue weighted by Crippen LogP contribution is 2.29. The van der Waals surface area contributed by atoms with Crippen molar-refractivity contribution in [3.63, 3.8) is 0 Å². The Kier molecular flexibility index (Phi) is 3.89. The molecule has 98 valence electrons. The fourth-order valence-corrected chi connectivity index (χ4v) is 1.15. The average Bonchev–Trinajstić information content (AvgIpc) is 2.27. The third-order valence-electron chi connectivity index (χ3n) is 2.04. The molecule has 0 aliphatic heterocycles. The first-order valence-electron chi connectivity index (χ1n) is 4.79. The molecule has 0 radical (unpaired) electrons. The largest absolute Gasteiger partial charge is 0.480 e. The predicted octanol–water partition coefficient (Wildman–Crippen LogP) is 1.30. The molecule has 0 aromatic carbocycles. The molecule has 0 saturated carbocycles. The monoisotopic (exact) mass is 262 g/mol. The second kappa shape index (κ2) is 5.03. The maximum Gasteiger partial charge on any atom is 0.434 e. The van der Waals surface area contributed by atoms with Crippen molar-refractivity contribution in [2.75, 3.05) is 0 Å². The van der Waals surface area contributed by atoms with E-state index in [0.717, 1.165) is 25.3 Å². The van der Waals surface area contributed by atoms with E-state index >= 15 is 0 Å². The van der Waals surface area contributed by atoms with E-state index in [1.165, 1.54) is 0 Å². The molecule has 2 N–H and O–H groups in total. The number of pyridine rings is 1. The molecule has 1 heterocycles. The van der Waals surface area contributed by atoms with E-state index in [1.54, 1.807) is 0 Å². The molecule has 0 spiro atoms. The summed E-state index contributed by atoms with van der Waals surface area (Å²) in [7, 11) is 0. The normalized spacial score (nSPS) is 12.9. The lowest BCUT2D eigenvalue weighted by atomic mass is 10.1. The Bertz CT molecular complexity index is 474. The minimum atomic E-state index is -4.78. The number of hydrogen-bond donors (Lipinski definition) is 2. The van der Waals surface area contributed by atoms with E-state index in [4.69, 9.17) is 5.11 Å². The number of halogens is 3. The Morgan fingerprint density at radius 1 is 1.44 bits per heavy atom. The summed E-state index contributed by atoms with van der Waals surface area (Å²) in [6.45, 7) is 1.14. The summed E-state index contributed by atoms with van der Waals surface area (Å²) in [6, 6.07) is 0.800. The molecule has 0 unspecified atom stereocenters. The first-order valence-corrected chi connectivity index (χ1v) is 4.79. The lowest BCUT2D eigenvalue weighted by Crippen LogP contribution is -2.39. The number of nitrogens with zero attached hydrogens (tertiary/aromatic N) is 1. The number of carboxylic acid groups (broad SMARTS) is 1. The zero-order valence-corrected chi connectivity index (χ0v) is 9.15. The molecule has 0 aliphatic rings. The van der Waals surface area contributed by atoms with Gasteiger partial charge in [-0.25, -0.2) is 0 Å². The van der Waals surface area contributed by atoms with Gasteiger partial charge in [0, 0.05) is 6.20 Å². The van der Waals surface area contributed by atoms with Gasteiger partial charge in [-0.05, 0) is 19.1 Å². The van der Waals surface area contributed by atoms with Crippen molar-refractivity contribution in [1.29, 1.82) is 0 Å². The van der Waals surface area contributed by atoms with Gasteiger partial charge in [-0.1, -0.05) is 0 Å². The van der Waals surface area contributed by atoms with Crippen LogP contribution in [0.3, 0.4) is 0 Å². The first-order chi connectivity index (χ1) is 8.23. The highest BCUT2D eigenvalue weighted by atomic mass is 19.4. The summed E-state index contributed by atoms with van der Waals surface area (Å²) >= 11 is 0. The number of amides is 1. The van der Waals surface area contributed by atoms with Crippen molar-refractivity contribution in [2.45, 2.75) is 19.1 Å². The summed E-state index contributed by atoms with van der Waals surface area (Å²) in [5, 5.41) is 10.5. The van der Waals surface area contributed by atoms with Gasteiger partial charge in [-0.3, -0.25) is 14.6 Å². The molecule has 0 saturated heterocycles. The Morgan fingerprint density at radius 2 is 2.06 bits per heavy atom. The predicted molar refractivity (Wildman–Crippen MR) is 53.8 cm³/mol. The maximum atomic E-state index is 12.5. The van der Waals surface area contributed by atoms with Gasteiger partial charge in [-0.2, -0.15) is 13.2 Å². The van der Waals surface area contributed by atoms with Crippen molar-refractivity contribution in [3.8, 4) is 0 Å². The van der Waals surface area contributed by atoms with Crippen molar-refractivity contribution >= 4 is 11.9 Å². The quantitative estimate of drug-likeness (QED) is 0.860. The Morgan fingerprint density at radius 3 is 2.56 bits per heavy atom. The molecule has 18 heavy (non-hydrogen) atoms. The van der Waals surface area contributed by atoms with Gasteiger partial charge in [0.25, 0.3) is 5.91 Å². The van der Waals surface area contributed by atoms with Crippen LogP contribution < -0.4 is 5.32 Å². The topological polar surface area (TPSA) is 79.3 Å². The highest BCUT2D eigenvalue weighted by Gasteiger charge is 2.37. The molecule has 1 rings (SSSR count). The van der Waals surface area contributed by atoms with Gasteiger partial charge in [0.1, 0.15) is 6.04 Å². The van der Waals surface area contributed by atoms with Gasteiger partial charge in [0.15, 0.2) is 5.69 Å². The number of alkyl halides is 3. The van der Waals surface area contributed by atoms with Crippen molar-refractivity contribution in [1.82, 2.24) is 10.3 Å². The molecule has 1 amide bonds. The van der Waals surface area contributed by atoms with E-state index in [1.807, 2.05) is 5.32 Å². The smallest absolute Gasteiger partial charge is 0.434 e. The van der Waals surface area contributed by atoms with E-state index < -0.39 is 35.4 Å². The molecule has 0 bridgehead atoms. The van der Waals surface area contributed by atoms with Crippen LogP contribution in [0.2, 0.25) is 0 Å². The number of carboxylic acids is 1. The number of carbonyl (C=O) groups is 2. The highest BCUT2D eigenvalue weighted by molar-refractivity contribution is 5.97. The molecule has 1 aromatic rings. The molecule has 0 aliphatic carbocycles. The van der Waals surface area contributed by atoms with Gasteiger partial charge in [0.2, 0.25) is 0 Å². The van der Waals surface area contributed by atoms with Crippen LogP contribution in [0.1, 0.15) is 23.0 Å². The number of hydrogen-bond acceptors (Lipinski definition) is 3. The molecule has 5 nitrogen and oxygen atoms in total. The zero-order valence-electron chi connectivity index (χ0n) is 9.15. The SMILES string of the molecule is C[C@H](NC(=O)c1cccnc1C(F)(F)F)C(=O)O. The summed E-state index contributed by atoms with van der Waals surface area (Å²) in [4.78, 5) is 25.1. The van der Waals surface area contributed by atoms with Crippen LogP contribution in [0, 0.1) is 0 Å². The molecule has 0 fully saturated rings.